The van der Waals surface area contributed by atoms with Gasteiger partial charge < -0.3 is 10.2 Å². The van der Waals surface area contributed by atoms with Crippen LogP contribution in [0.1, 0.15) is 30.3 Å². The molecule has 0 spiro atoms. The highest BCUT2D eigenvalue weighted by Crippen LogP contribution is 2.38. The summed E-state index contributed by atoms with van der Waals surface area (Å²) in [6, 6.07) is 3.66. The minimum Gasteiger partial charge on any atom is -0.366 e. The van der Waals surface area contributed by atoms with Gasteiger partial charge in [0.15, 0.2) is 5.82 Å². The van der Waals surface area contributed by atoms with Gasteiger partial charge in [-0.25, -0.2) is 14.8 Å². The third kappa shape index (κ3) is 4.50. The Hall–Kier alpha value is -2.89. The van der Waals surface area contributed by atoms with E-state index in [1.165, 1.54) is 17.2 Å². The second kappa shape index (κ2) is 8.57. The van der Waals surface area contributed by atoms with Crippen molar-refractivity contribution in [1.82, 2.24) is 15.3 Å². The van der Waals surface area contributed by atoms with Crippen LogP contribution in [0.2, 0.25) is 0 Å². The van der Waals surface area contributed by atoms with Crippen molar-refractivity contribution in [2.45, 2.75) is 38.0 Å². The number of pyridine rings is 2. The van der Waals surface area contributed by atoms with Crippen LogP contribution in [0, 0.1) is 0 Å². The fraction of sp³-hybridized carbons (Fsp3) is 0.400. The second-order valence-corrected chi connectivity index (χ2v) is 8.59. The van der Waals surface area contributed by atoms with Gasteiger partial charge in [-0.1, -0.05) is 15.9 Å². The topological polar surface area (TPSA) is 90.5 Å². The third-order valence-electron chi connectivity index (χ3n) is 5.43. The monoisotopic (exact) mass is 512 g/mol. The summed E-state index contributed by atoms with van der Waals surface area (Å²) < 4.78 is 39.3. The number of nitrogens with zero attached hydrogens (tertiary/aromatic N) is 4. The molecule has 4 heterocycles. The number of amides is 3. The zero-order chi connectivity index (χ0) is 23.0. The van der Waals surface area contributed by atoms with Gasteiger partial charge in [-0.15, -0.1) is 0 Å². The normalized spacial score (nSPS) is 18.6. The molecular weight excluding hydrogens is 493 g/mol. The van der Waals surface area contributed by atoms with Crippen LogP contribution in [0.3, 0.4) is 0 Å². The van der Waals surface area contributed by atoms with Crippen molar-refractivity contribution in [2.24, 2.45) is 0 Å². The predicted molar refractivity (Wildman–Crippen MR) is 116 cm³/mol. The lowest BCUT2D eigenvalue weighted by molar-refractivity contribution is -0.149. The summed E-state index contributed by atoms with van der Waals surface area (Å²) in [5, 5.41) is 4.64. The molecule has 1 unspecified atom stereocenters. The Kier molecular flexibility index (Phi) is 5.97. The average molecular weight is 513 g/mol. The van der Waals surface area contributed by atoms with Gasteiger partial charge in [-0.3, -0.25) is 15.0 Å². The molecule has 2 atom stereocenters. The van der Waals surface area contributed by atoms with Crippen LogP contribution in [-0.2, 0) is 0 Å². The number of fused-ring (bicyclic) bond motifs is 4. The molecular formula is C20H20BrF3N6O2. The molecule has 0 aliphatic carbocycles. The molecule has 2 aliphatic heterocycles. The lowest BCUT2D eigenvalue weighted by atomic mass is 9.99. The maximum atomic E-state index is 13.2. The number of aromatic nitrogens is 2. The highest BCUT2D eigenvalue weighted by atomic mass is 79.9. The van der Waals surface area contributed by atoms with Crippen LogP contribution in [0.25, 0.3) is 0 Å². The maximum absolute atomic E-state index is 13.2. The van der Waals surface area contributed by atoms with Gasteiger partial charge in [0.1, 0.15) is 17.6 Å². The van der Waals surface area contributed by atoms with Crippen LogP contribution >= 0.6 is 15.9 Å². The van der Waals surface area contributed by atoms with E-state index in [0.717, 1.165) is 30.8 Å². The molecule has 32 heavy (non-hydrogen) atoms. The first kappa shape index (κ1) is 22.3. The molecule has 0 saturated carbocycles. The van der Waals surface area contributed by atoms with Gasteiger partial charge in [-0.05, 0) is 44.0 Å². The first-order chi connectivity index (χ1) is 15.1. The van der Waals surface area contributed by atoms with Crippen LogP contribution in [0.5, 0.6) is 0 Å². The lowest BCUT2D eigenvalue weighted by Gasteiger charge is -2.45. The van der Waals surface area contributed by atoms with Crippen molar-refractivity contribution in [3.05, 3.63) is 40.6 Å². The molecule has 1 saturated heterocycles. The number of alkyl halides is 3. The minimum atomic E-state index is -4.57. The zero-order valence-electron chi connectivity index (χ0n) is 17.0. The SMILES string of the molecule is CC(NC(=O)c1ccc2c(n1)N(C(=O)Nc1cc(Br)ccn1)[C@H]1CCCN2C1)C(F)(F)F. The van der Waals surface area contributed by atoms with Gasteiger partial charge in [-0.2, -0.15) is 13.2 Å². The number of carbonyl (C=O) groups is 2. The molecule has 0 aromatic carbocycles. The highest BCUT2D eigenvalue weighted by Gasteiger charge is 2.40. The number of anilines is 3. The van der Waals surface area contributed by atoms with E-state index in [9.17, 15) is 22.8 Å². The lowest BCUT2D eigenvalue weighted by Crippen LogP contribution is -2.56. The van der Waals surface area contributed by atoms with E-state index in [-0.39, 0.29) is 17.6 Å². The first-order valence-electron chi connectivity index (χ1n) is 9.99. The molecule has 1 fully saturated rings. The summed E-state index contributed by atoms with van der Waals surface area (Å²) in [6.45, 7) is 2.23. The Labute approximate surface area is 190 Å². The standard InChI is InChI=1S/C20H20BrF3N6O2/c1-11(20(22,23)24)26-18(31)14-4-5-15-17(27-14)30(13-3-2-8-29(15)10-13)19(32)28-16-9-12(21)6-7-25-16/h4-7,9,11,13H,2-3,8,10H2,1H3,(H,26,31)(H,25,28,32)/t11?,13-/m0/s1. The Morgan fingerprint density at radius 2 is 2.06 bits per heavy atom. The van der Waals surface area contributed by atoms with Crippen LogP contribution < -0.4 is 20.4 Å². The molecule has 170 valence electrons. The Balaban J connectivity index is 1.65. The second-order valence-electron chi connectivity index (χ2n) is 7.68. The Bertz CT molecular complexity index is 1050. The van der Waals surface area contributed by atoms with E-state index >= 15 is 0 Å². The largest absolute Gasteiger partial charge is 0.408 e. The number of nitrogens with one attached hydrogen (secondary N) is 2. The molecule has 2 aromatic heterocycles. The fourth-order valence-electron chi connectivity index (χ4n) is 3.81. The number of hydrogen-bond acceptors (Lipinski definition) is 5. The number of urea groups is 1. The first-order valence-corrected chi connectivity index (χ1v) is 10.8. The summed E-state index contributed by atoms with van der Waals surface area (Å²) in [5.74, 6) is -0.393. The third-order valence-corrected chi connectivity index (χ3v) is 5.93. The van der Waals surface area contributed by atoms with Crippen LogP contribution in [0.15, 0.2) is 34.9 Å². The Morgan fingerprint density at radius 1 is 1.28 bits per heavy atom. The van der Waals surface area contributed by atoms with Crippen molar-refractivity contribution in [3.63, 3.8) is 0 Å². The zero-order valence-corrected chi connectivity index (χ0v) is 18.6. The predicted octanol–water partition coefficient (Wildman–Crippen LogP) is 3.94. The van der Waals surface area contributed by atoms with Crippen molar-refractivity contribution in [3.8, 4) is 0 Å². The van der Waals surface area contributed by atoms with Crippen molar-refractivity contribution in [1.29, 1.82) is 0 Å². The molecule has 8 nitrogen and oxygen atoms in total. The quantitative estimate of drug-likeness (QED) is 0.649. The van der Waals surface area contributed by atoms with Crippen molar-refractivity contribution >= 4 is 45.2 Å². The van der Waals surface area contributed by atoms with E-state index in [0.29, 0.717) is 18.1 Å². The summed E-state index contributed by atoms with van der Waals surface area (Å²) >= 11 is 3.33. The minimum absolute atomic E-state index is 0.191. The van der Waals surface area contributed by atoms with E-state index in [4.69, 9.17) is 0 Å². The molecule has 4 rings (SSSR count). The number of halogens is 4. The van der Waals surface area contributed by atoms with Crippen LogP contribution in [-0.4, -0.2) is 53.3 Å². The van der Waals surface area contributed by atoms with E-state index in [2.05, 4.69) is 36.1 Å². The number of hydrogen-bond donors (Lipinski definition) is 2. The average Bonchev–Trinajstić information content (AvgIpc) is 2.73. The maximum Gasteiger partial charge on any atom is 0.408 e. The molecule has 3 amide bonds. The highest BCUT2D eigenvalue weighted by molar-refractivity contribution is 9.10. The molecule has 12 heteroatoms. The van der Waals surface area contributed by atoms with E-state index in [1.807, 2.05) is 5.32 Å². The number of piperidine rings is 1. The van der Waals surface area contributed by atoms with E-state index in [1.54, 1.807) is 18.2 Å². The van der Waals surface area contributed by atoms with E-state index < -0.39 is 24.2 Å². The van der Waals surface area contributed by atoms with Gasteiger partial charge in [0.25, 0.3) is 5.91 Å². The molecule has 0 radical (unpaired) electrons. The van der Waals surface area contributed by atoms with Gasteiger partial charge >= 0.3 is 12.2 Å². The molecule has 2 aromatic rings. The number of carbonyl (C=O) groups excluding carboxylic acids is 2. The summed E-state index contributed by atoms with van der Waals surface area (Å²) in [4.78, 5) is 37.6. The summed E-state index contributed by atoms with van der Waals surface area (Å²) in [7, 11) is 0. The van der Waals surface area contributed by atoms with Crippen molar-refractivity contribution in [2.75, 3.05) is 28.2 Å². The smallest absolute Gasteiger partial charge is 0.366 e. The molecule has 2 N–H and O–H groups in total. The summed E-state index contributed by atoms with van der Waals surface area (Å²) in [5.41, 5.74) is 0.457. The summed E-state index contributed by atoms with van der Waals surface area (Å²) in [6.07, 6.45) is -1.43. The number of rotatable bonds is 3. The van der Waals surface area contributed by atoms with Gasteiger partial charge in [0, 0.05) is 23.8 Å². The van der Waals surface area contributed by atoms with Gasteiger partial charge in [0.05, 0.1) is 11.7 Å². The van der Waals surface area contributed by atoms with Gasteiger partial charge in [0.2, 0.25) is 0 Å². The molecule has 2 aliphatic rings. The fourth-order valence-corrected chi connectivity index (χ4v) is 4.14. The van der Waals surface area contributed by atoms with Crippen molar-refractivity contribution < 1.29 is 22.8 Å². The van der Waals surface area contributed by atoms with Crippen LogP contribution in [0.4, 0.5) is 35.3 Å². The Morgan fingerprint density at radius 3 is 2.78 bits per heavy atom. The molecule has 2 bridgehead atoms.